The summed E-state index contributed by atoms with van der Waals surface area (Å²) in [6.07, 6.45) is 7.42. The van der Waals surface area contributed by atoms with Crippen LogP contribution < -0.4 is 9.80 Å². The van der Waals surface area contributed by atoms with E-state index in [-0.39, 0.29) is 6.10 Å². The molecule has 4 heterocycles. The highest BCUT2D eigenvalue weighted by molar-refractivity contribution is 5.44. The van der Waals surface area contributed by atoms with Gasteiger partial charge in [-0.25, -0.2) is 4.98 Å². The number of aliphatic hydroxyl groups excluding tert-OH is 1. The molecular weight excluding hydrogens is 304 g/mol. The number of nitrogens with zero attached hydrogens (tertiary/aromatic N) is 5. The zero-order chi connectivity index (χ0) is 16.4. The summed E-state index contributed by atoms with van der Waals surface area (Å²) in [5.41, 5.74) is 1.20. The molecule has 2 N–H and O–H groups in total. The largest absolute Gasteiger partial charge is 0.393 e. The van der Waals surface area contributed by atoms with Crippen LogP contribution in [0, 0.1) is 0 Å². The maximum Gasteiger partial charge on any atom is 0.227 e. The van der Waals surface area contributed by atoms with E-state index in [4.69, 9.17) is 4.98 Å². The average molecular weight is 328 g/mol. The number of H-pyrrole nitrogens is 1. The second kappa shape index (κ2) is 6.76. The molecule has 0 aromatic carbocycles. The predicted molar refractivity (Wildman–Crippen MR) is 92.3 cm³/mol. The van der Waals surface area contributed by atoms with Crippen LogP contribution in [-0.2, 0) is 0 Å². The summed E-state index contributed by atoms with van der Waals surface area (Å²) in [6.45, 7) is 3.62. The Kier molecular flexibility index (Phi) is 4.34. The summed E-state index contributed by atoms with van der Waals surface area (Å²) in [4.78, 5) is 13.8. The van der Waals surface area contributed by atoms with Crippen molar-refractivity contribution in [3.05, 3.63) is 30.2 Å². The summed E-state index contributed by atoms with van der Waals surface area (Å²) in [5, 5.41) is 16.8. The van der Waals surface area contributed by atoms with Crippen molar-refractivity contribution in [3.63, 3.8) is 0 Å². The molecule has 2 saturated heterocycles. The van der Waals surface area contributed by atoms with Crippen LogP contribution >= 0.6 is 0 Å². The third kappa shape index (κ3) is 3.21. The fourth-order valence-corrected chi connectivity index (χ4v) is 3.67. The lowest BCUT2D eigenvalue weighted by atomic mass is 9.95. The number of hydrogen-bond acceptors (Lipinski definition) is 6. The van der Waals surface area contributed by atoms with Crippen LogP contribution in [0.1, 0.15) is 37.3 Å². The van der Waals surface area contributed by atoms with Crippen molar-refractivity contribution >= 4 is 11.8 Å². The predicted octanol–water partition coefficient (Wildman–Crippen LogP) is 1.54. The van der Waals surface area contributed by atoms with Gasteiger partial charge in [-0.1, -0.05) is 0 Å². The maximum atomic E-state index is 9.68. The summed E-state index contributed by atoms with van der Waals surface area (Å²) in [7, 11) is 0. The molecule has 2 aliphatic rings. The minimum absolute atomic E-state index is 0.167. The molecule has 2 aromatic heterocycles. The van der Waals surface area contributed by atoms with Gasteiger partial charge in [-0.2, -0.15) is 10.1 Å². The minimum atomic E-state index is -0.167. The van der Waals surface area contributed by atoms with Crippen molar-refractivity contribution in [3.8, 4) is 0 Å². The molecule has 4 rings (SSSR count). The summed E-state index contributed by atoms with van der Waals surface area (Å²) in [5.74, 6) is 2.23. The standard InChI is InChI=1S/C17H24N6O/c24-14-5-10-22(11-6-14)16-4-7-18-17(20-16)23-9-1-2-13(12-23)15-3-8-19-21-15/h3-4,7-8,13-14,24H,1-2,5-6,9-12H2,(H,19,21)/t13-/m1/s1. The SMILES string of the molecule is OC1CCN(c2ccnc(N3CCC[C@@H](c4ccn[nH]4)C3)n2)CC1. The first-order valence-electron chi connectivity index (χ1n) is 8.80. The third-order valence-electron chi connectivity index (χ3n) is 5.08. The lowest BCUT2D eigenvalue weighted by Crippen LogP contribution is -2.38. The van der Waals surface area contributed by atoms with Gasteiger partial charge in [0.15, 0.2) is 0 Å². The van der Waals surface area contributed by atoms with E-state index in [1.165, 1.54) is 12.1 Å². The quantitative estimate of drug-likeness (QED) is 0.890. The van der Waals surface area contributed by atoms with Gasteiger partial charge in [0.1, 0.15) is 5.82 Å². The van der Waals surface area contributed by atoms with Gasteiger partial charge >= 0.3 is 0 Å². The molecule has 128 valence electrons. The van der Waals surface area contributed by atoms with E-state index in [9.17, 15) is 5.11 Å². The molecule has 0 amide bonds. The number of aliphatic hydroxyl groups is 1. The molecule has 0 bridgehead atoms. The lowest BCUT2D eigenvalue weighted by Gasteiger charge is -2.34. The number of piperidine rings is 2. The number of aromatic amines is 1. The van der Waals surface area contributed by atoms with E-state index in [2.05, 4.69) is 31.0 Å². The fourth-order valence-electron chi connectivity index (χ4n) is 3.67. The zero-order valence-corrected chi connectivity index (χ0v) is 13.8. The average Bonchev–Trinajstić information content (AvgIpc) is 3.17. The normalized spacial score (nSPS) is 22.8. The number of aromatic nitrogens is 4. The fraction of sp³-hybridized carbons (Fsp3) is 0.588. The summed E-state index contributed by atoms with van der Waals surface area (Å²) >= 11 is 0. The van der Waals surface area contributed by atoms with Crippen LogP contribution in [0.25, 0.3) is 0 Å². The van der Waals surface area contributed by atoms with Gasteiger partial charge in [0.05, 0.1) is 6.10 Å². The first-order chi connectivity index (χ1) is 11.8. The Bertz CT molecular complexity index is 653. The summed E-state index contributed by atoms with van der Waals surface area (Å²) < 4.78 is 0. The Morgan fingerprint density at radius 1 is 1.04 bits per heavy atom. The van der Waals surface area contributed by atoms with Crippen molar-refractivity contribution in [1.82, 2.24) is 20.2 Å². The number of rotatable bonds is 3. The van der Waals surface area contributed by atoms with E-state index in [1.807, 2.05) is 18.5 Å². The monoisotopic (exact) mass is 328 g/mol. The van der Waals surface area contributed by atoms with Gasteiger partial charge in [0.2, 0.25) is 5.95 Å². The van der Waals surface area contributed by atoms with E-state index in [0.29, 0.717) is 5.92 Å². The molecule has 2 aliphatic heterocycles. The highest BCUT2D eigenvalue weighted by atomic mass is 16.3. The molecular formula is C17H24N6O. The molecule has 2 aromatic rings. The number of nitrogens with one attached hydrogen (secondary N) is 1. The van der Waals surface area contributed by atoms with Crippen LogP contribution in [0.5, 0.6) is 0 Å². The Morgan fingerprint density at radius 3 is 2.71 bits per heavy atom. The molecule has 7 heteroatoms. The van der Waals surface area contributed by atoms with E-state index >= 15 is 0 Å². The Balaban J connectivity index is 1.48. The molecule has 2 fully saturated rings. The number of anilines is 2. The zero-order valence-electron chi connectivity index (χ0n) is 13.8. The highest BCUT2D eigenvalue weighted by Crippen LogP contribution is 2.28. The Labute approximate surface area is 141 Å². The Hall–Kier alpha value is -2.15. The van der Waals surface area contributed by atoms with Crippen LogP contribution in [0.2, 0.25) is 0 Å². The smallest absolute Gasteiger partial charge is 0.227 e. The van der Waals surface area contributed by atoms with Gasteiger partial charge in [-0.05, 0) is 37.8 Å². The molecule has 1 atom stereocenters. The van der Waals surface area contributed by atoms with Crippen molar-refractivity contribution in [2.45, 2.75) is 37.7 Å². The van der Waals surface area contributed by atoms with E-state index in [1.54, 1.807) is 0 Å². The van der Waals surface area contributed by atoms with Crippen LogP contribution in [0.4, 0.5) is 11.8 Å². The third-order valence-corrected chi connectivity index (χ3v) is 5.08. The van der Waals surface area contributed by atoms with Crippen molar-refractivity contribution in [2.24, 2.45) is 0 Å². The van der Waals surface area contributed by atoms with Gasteiger partial charge < -0.3 is 14.9 Å². The lowest BCUT2D eigenvalue weighted by molar-refractivity contribution is 0.145. The molecule has 0 saturated carbocycles. The van der Waals surface area contributed by atoms with Gasteiger partial charge in [-0.15, -0.1) is 0 Å². The maximum absolute atomic E-state index is 9.68. The van der Waals surface area contributed by atoms with Crippen LogP contribution in [-0.4, -0.2) is 57.6 Å². The van der Waals surface area contributed by atoms with Crippen molar-refractivity contribution < 1.29 is 5.11 Å². The molecule has 0 radical (unpaired) electrons. The van der Waals surface area contributed by atoms with Crippen LogP contribution in [0.15, 0.2) is 24.5 Å². The van der Waals surface area contributed by atoms with Gasteiger partial charge in [-0.3, -0.25) is 5.10 Å². The first kappa shape index (κ1) is 15.4. The Morgan fingerprint density at radius 2 is 1.92 bits per heavy atom. The minimum Gasteiger partial charge on any atom is -0.393 e. The summed E-state index contributed by atoms with van der Waals surface area (Å²) in [6, 6.07) is 4.03. The second-order valence-electron chi connectivity index (χ2n) is 6.73. The van der Waals surface area contributed by atoms with Crippen LogP contribution in [0.3, 0.4) is 0 Å². The molecule has 0 unspecified atom stereocenters. The van der Waals surface area contributed by atoms with Gasteiger partial charge in [0.25, 0.3) is 0 Å². The topological polar surface area (TPSA) is 81.2 Å². The van der Waals surface area contributed by atoms with Gasteiger partial charge in [0, 0.05) is 50.2 Å². The van der Waals surface area contributed by atoms with E-state index < -0.39 is 0 Å². The molecule has 0 spiro atoms. The molecule has 0 aliphatic carbocycles. The number of hydrogen-bond donors (Lipinski definition) is 2. The molecule has 24 heavy (non-hydrogen) atoms. The van der Waals surface area contributed by atoms with Crippen molar-refractivity contribution in [2.75, 3.05) is 36.0 Å². The van der Waals surface area contributed by atoms with E-state index in [0.717, 1.165) is 57.2 Å². The highest BCUT2D eigenvalue weighted by Gasteiger charge is 2.25. The first-order valence-corrected chi connectivity index (χ1v) is 8.80. The van der Waals surface area contributed by atoms with Crippen molar-refractivity contribution in [1.29, 1.82) is 0 Å². The molecule has 7 nitrogen and oxygen atoms in total. The second-order valence-corrected chi connectivity index (χ2v) is 6.73.